The summed E-state index contributed by atoms with van der Waals surface area (Å²) in [6, 6.07) is 23.5. The molecule has 0 heterocycles. The zero-order chi connectivity index (χ0) is 23.1. The van der Waals surface area contributed by atoms with Crippen molar-refractivity contribution in [3.05, 3.63) is 94.5 Å². The van der Waals surface area contributed by atoms with E-state index in [1.54, 1.807) is 6.07 Å². The first-order chi connectivity index (χ1) is 16.6. The maximum Gasteiger partial charge on any atom is 0.255 e. The highest BCUT2D eigenvalue weighted by Gasteiger charge is 2.51. The van der Waals surface area contributed by atoms with Gasteiger partial charge >= 0.3 is 0 Å². The summed E-state index contributed by atoms with van der Waals surface area (Å²) in [6.45, 7) is 0.358. The smallest absolute Gasteiger partial charge is 0.255 e. The Kier molecular flexibility index (Phi) is 5.61. The van der Waals surface area contributed by atoms with Gasteiger partial charge in [0.15, 0.2) is 0 Å². The van der Waals surface area contributed by atoms with Gasteiger partial charge in [-0.15, -0.1) is 0 Å². The minimum absolute atomic E-state index is 0.134. The Morgan fingerprint density at radius 1 is 0.882 bits per heavy atom. The minimum atomic E-state index is -0.134. The number of benzene rings is 3. The molecule has 7 rings (SSSR count). The van der Waals surface area contributed by atoms with Crippen LogP contribution in [0.2, 0.25) is 5.02 Å². The fraction of sp³-hybridized carbons (Fsp3) is 0.367. The van der Waals surface area contributed by atoms with Gasteiger partial charge in [-0.05, 0) is 104 Å². The lowest BCUT2D eigenvalue weighted by Crippen LogP contribution is -2.48. The van der Waals surface area contributed by atoms with E-state index in [0.29, 0.717) is 28.4 Å². The number of rotatable bonds is 6. The number of halogens is 1. The summed E-state index contributed by atoms with van der Waals surface area (Å²) < 4.78 is 5.88. The van der Waals surface area contributed by atoms with Crippen LogP contribution in [0.25, 0.3) is 0 Å². The van der Waals surface area contributed by atoms with Crippen molar-refractivity contribution in [2.45, 2.75) is 50.5 Å². The van der Waals surface area contributed by atoms with E-state index in [-0.39, 0.29) is 5.91 Å². The van der Waals surface area contributed by atoms with E-state index in [1.165, 1.54) is 44.1 Å². The molecule has 1 amide bonds. The van der Waals surface area contributed by atoms with E-state index < -0.39 is 0 Å². The first-order valence-electron chi connectivity index (χ1n) is 12.4. The van der Waals surface area contributed by atoms with E-state index >= 15 is 0 Å². The number of amides is 1. The molecular weight excluding hydrogens is 442 g/mol. The summed E-state index contributed by atoms with van der Waals surface area (Å²) in [5.74, 6) is 3.30. The Balaban J connectivity index is 1.12. The van der Waals surface area contributed by atoms with Crippen LogP contribution in [-0.4, -0.2) is 5.91 Å². The summed E-state index contributed by atoms with van der Waals surface area (Å²) in [5.41, 5.74) is 4.17. The molecule has 4 saturated carbocycles. The molecule has 3 aromatic carbocycles. The van der Waals surface area contributed by atoms with Crippen molar-refractivity contribution < 1.29 is 9.53 Å². The van der Waals surface area contributed by atoms with E-state index in [4.69, 9.17) is 16.3 Å². The topological polar surface area (TPSA) is 38.3 Å². The molecule has 1 N–H and O–H groups in total. The number of hydrogen-bond acceptors (Lipinski definition) is 2. The zero-order valence-corrected chi connectivity index (χ0v) is 20.1. The lowest BCUT2D eigenvalue weighted by Gasteiger charge is -2.57. The molecule has 4 aliphatic carbocycles. The molecule has 4 bridgehead atoms. The zero-order valence-electron chi connectivity index (χ0n) is 19.3. The highest BCUT2D eigenvalue weighted by atomic mass is 35.5. The second kappa shape index (κ2) is 8.78. The monoisotopic (exact) mass is 471 g/mol. The van der Waals surface area contributed by atoms with Crippen molar-refractivity contribution >= 4 is 23.2 Å². The van der Waals surface area contributed by atoms with Gasteiger partial charge in [-0.1, -0.05) is 48.0 Å². The van der Waals surface area contributed by atoms with Crippen molar-refractivity contribution in [1.82, 2.24) is 0 Å². The van der Waals surface area contributed by atoms with Crippen LogP contribution < -0.4 is 10.1 Å². The Labute approximate surface area is 206 Å². The van der Waals surface area contributed by atoms with E-state index in [1.807, 2.05) is 42.5 Å². The summed E-state index contributed by atoms with van der Waals surface area (Å²) >= 11 is 6.22. The fourth-order valence-corrected chi connectivity index (χ4v) is 7.27. The van der Waals surface area contributed by atoms with Crippen molar-refractivity contribution in [3.63, 3.8) is 0 Å². The first-order valence-corrected chi connectivity index (χ1v) is 12.8. The second-order valence-corrected chi connectivity index (χ2v) is 11.0. The molecule has 0 spiro atoms. The third kappa shape index (κ3) is 4.22. The van der Waals surface area contributed by atoms with Gasteiger partial charge in [0.1, 0.15) is 12.4 Å². The van der Waals surface area contributed by atoms with Crippen LogP contribution in [0.5, 0.6) is 5.75 Å². The fourth-order valence-electron chi connectivity index (χ4n) is 7.08. The largest absolute Gasteiger partial charge is 0.489 e. The third-order valence-electron chi connectivity index (χ3n) is 8.24. The summed E-state index contributed by atoms with van der Waals surface area (Å²) in [4.78, 5) is 12.9. The van der Waals surface area contributed by atoms with Gasteiger partial charge < -0.3 is 10.1 Å². The molecule has 0 aliphatic heterocycles. The van der Waals surface area contributed by atoms with Gasteiger partial charge in [0.05, 0.1) is 0 Å². The third-order valence-corrected chi connectivity index (χ3v) is 8.61. The van der Waals surface area contributed by atoms with Crippen LogP contribution >= 0.6 is 11.6 Å². The summed E-state index contributed by atoms with van der Waals surface area (Å²) in [7, 11) is 0. The van der Waals surface area contributed by atoms with E-state index in [2.05, 4.69) is 29.6 Å². The Bertz CT molecular complexity index is 1170. The number of nitrogens with one attached hydrogen (secondary N) is 1. The lowest BCUT2D eigenvalue weighted by molar-refractivity contribution is -0.00518. The predicted molar refractivity (Wildman–Crippen MR) is 136 cm³/mol. The highest BCUT2D eigenvalue weighted by Crippen LogP contribution is 2.60. The van der Waals surface area contributed by atoms with E-state index in [0.717, 1.165) is 29.0 Å². The number of anilines is 1. The molecular formula is C30H30ClNO2. The molecule has 4 aliphatic rings. The Hall–Kier alpha value is -2.78. The summed E-state index contributed by atoms with van der Waals surface area (Å²) in [6.07, 6.45) is 8.42. The normalized spacial score (nSPS) is 26.9. The van der Waals surface area contributed by atoms with Gasteiger partial charge in [0.25, 0.3) is 5.91 Å². The van der Waals surface area contributed by atoms with Crippen molar-refractivity contribution in [2.75, 3.05) is 5.32 Å². The molecule has 34 heavy (non-hydrogen) atoms. The number of ether oxygens (including phenoxy) is 1. The van der Waals surface area contributed by atoms with Crippen LogP contribution in [0.15, 0.2) is 72.8 Å². The maximum absolute atomic E-state index is 12.9. The van der Waals surface area contributed by atoms with Gasteiger partial charge in [0.2, 0.25) is 0 Å². The SMILES string of the molecule is O=C(Nc1ccc(C23CC4CC(CC(C4)C2)C3)cc1)c1cccc(OCc2ccccc2Cl)c1. The molecule has 0 aromatic heterocycles. The number of carbonyl (C=O) groups is 1. The quantitative estimate of drug-likeness (QED) is 0.401. The van der Waals surface area contributed by atoms with Gasteiger partial charge in [0, 0.05) is 21.8 Å². The van der Waals surface area contributed by atoms with Crippen LogP contribution in [0, 0.1) is 17.8 Å². The van der Waals surface area contributed by atoms with Crippen LogP contribution in [-0.2, 0) is 12.0 Å². The van der Waals surface area contributed by atoms with Crippen LogP contribution in [0.3, 0.4) is 0 Å². The second-order valence-electron chi connectivity index (χ2n) is 10.6. The molecule has 3 aromatic rings. The molecule has 4 heteroatoms. The highest BCUT2D eigenvalue weighted by molar-refractivity contribution is 6.31. The van der Waals surface area contributed by atoms with Crippen LogP contribution in [0.1, 0.15) is 60.0 Å². The Morgan fingerprint density at radius 2 is 1.56 bits per heavy atom. The molecule has 0 unspecified atom stereocenters. The van der Waals surface area contributed by atoms with Crippen molar-refractivity contribution in [3.8, 4) is 5.75 Å². The lowest BCUT2D eigenvalue weighted by atomic mass is 9.48. The standard InChI is InChI=1S/C30H30ClNO2/c31-28-7-2-1-4-24(28)19-34-27-6-3-5-23(15-27)29(33)32-26-10-8-25(9-11-26)30-16-20-12-21(17-30)14-22(13-20)18-30/h1-11,15,20-22H,12-14,16-19H2,(H,32,33). The number of hydrogen-bond donors (Lipinski definition) is 1. The van der Waals surface area contributed by atoms with Crippen LogP contribution in [0.4, 0.5) is 5.69 Å². The van der Waals surface area contributed by atoms with Gasteiger partial charge in [-0.3, -0.25) is 4.79 Å². The average molecular weight is 472 g/mol. The first kappa shape index (κ1) is 21.7. The summed E-state index contributed by atoms with van der Waals surface area (Å²) in [5, 5.41) is 3.73. The molecule has 3 nitrogen and oxygen atoms in total. The molecule has 0 radical (unpaired) electrons. The number of carbonyl (C=O) groups excluding carboxylic acids is 1. The van der Waals surface area contributed by atoms with Crippen molar-refractivity contribution in [1.29, 1.82) is 0 Å². The predicted octanol–water partition coefficient (Wildman–Crippen LogP) is 7.64. The van der Waals surface area contributed by atoms with Crippen molar-refractivity contribution in [2.24, 2.45) is 17.8 Å². The van der Waals surface area contributed by atoms with Gasteiger partial charge in [-0.2, -0.15) is 0 Å². The molecule has 0 saturated heterocycles. The van der Waals surface area contributed by atoms with Gasteiger partial charge in [-0.25, -0.2) is 0 Å². The molecule has 4 fully saturated rings. The molecule has 0 atom stereocenters. The van der Waals surface area contributed by atoms with E-state index in [9.17, 15) is 4.79 Å². The average Bonchev–Trinajstić information content (AvgIpc) is 2.83. The maximum atomic E-state index is 12.9. The molecule has 174 valence electrons. The minimum Gasteiger partial charge on any atom is -0.489 e. The Morgan fingerprint density at radius 3 is 2.24 bits per heavy atom.